The first kappa shape index (κ1) is 18.3. The summed E-state index contributed by atoms with van der Waals surface area (Å²) in [5.74, 6) is 2.15. The zero-order valence-corrected chi connectivity index (χ0v) is 15.6. The molecular weight excluding hydrogens is 363 g/mol. The molecule has 1 aliphatic heterocycles. The van der Waals surface area contributed by atoms with E-state index in [2.05, 4.69) is 13.8 Å². The normalized spacial score (nSPS) is 20.0. The van der Waals surface area contributed by atoms with E-state index >= 15 is 0 Å². The summed E-state index contributed by atoms with van der Waals surface area (Å²) >= 11 is 12.2. The van der Waals surface area contributed by atoms with Crippen molar-refractivity contribution in [3.63, 3.8) is 0 Å². The van der Waals surface area contributed by atoms with Crippen LogP contribution >= 0.6 is 23.2 Å². The van der Waals surface area contributed by atoms with E-state index in [1.165, 1.54) is 0 Å². The molecule has 25 heavy (non-hydrogen) atoms. The first-order chi connectivity index (χ1) is 12.0. The summed E-state index contributed by atoms with van der Waals surface area (Å²) in [5.41, 5.74) is 0. The van der Waals surface area contributed by atoms with Gasteiger partial charge in [0.15, 0.2) is 6.29 Å². The molecule has 3 rings (SSSR count). The number of hydrogen-bond acceptors (Lipinski definition) is 4. The minimum atomic E-state index is -0.169. The highest BCUT2D eigenvalue weighted by atomic mass is 35.5. The summed E-state index contributed by atoms with van der Waals surface area (Å²) in [4.78, 5) is 0. The van der Waals surface area contributed by atoms with Crippen molar-refractivity contribution in [3.8, 4) is 17.2 Å². The lowest BCUT2D eigenvalue weighted by Crippen LogP contribution is -2.22. The van der Waals surface area contributed by atoms with Crippen LogP contribution in [-0.4, -0.2) is 25.6 Å². The predicted octanol–water partition coefficient (Wildman–Crippen LogP) is 5.56. The first-order valence-corrected chi connectivity index (χ1v) is 8.89. The van der Waals surface area contributed by atoms with Crippen molar-refractivity contribution in [2.75, 3.05) is 13.2 Å². The zero-order valence-electron chi connectivity index (χ0n) is 14.1. The molecule has 1 aliphatic rings. The molecule has 0 aromatic heterocycles. The largest absolute Gasteiger partial charge is 0.489 e. The van der Waals surface area contributed by atoms with Crippen molar-refractivity contribution in [2.24, 2.45) is 5.92 Å². The molecule has 0 saturated carbocycles. The van der Waals surface area contributed by atoms with Gasteiger partial charge < -0.3 is 18.9 Å². The van der Waals surface area contributed by atoms with Gasteiger partial charge in [-0.2, -0.15) is 0 Å². The summed E-state index contributed by atoms with van der Waals surface area (Å²) in [7, 11) is 0. The topological polar surface area (TPSA) is 36.9 Å². The molecule has 0 N–H and O–H groups in total. The molecule has 2 atom stereocenters. The standard InChI is InChI=1S/C19H20Cl2O4/c1-12(2)19-23-11-16(25-19)10-22-18-7-6-15(9-17(18)21)24-14-5-3-4-13(20)8-14/h3-9,12,16,19H,10-11H2,1-2H3. The van der Waals surface area contributed by atoms with E-state index in [4.69, 9.17) is 42.1 Å². The van der Waals surface area contributed by atoms with Gasteiger partial charge in [0.1, 0.15) is 30.0 Å². The minimum Gasteiger partial charge on any atom is -0.489 e. The Balaban J connectivity index is 1.57. The van der Waals surface area contributed by atoms with Crippen LogP contribution in [-0.2, 0) is 9.47 Å². The lowest BCUT2D eigenvalue weighted by Gasteiger charge is -2.15. The highest BCUT2D eigenvalue weighted by Gasteiger charge is 2.28. The van der Waals surface area contributed by atoms with Crippen LogP contribution in [0.15, 0.2) is 42.5 Å². The van der Waals surface area contributed by atoms with Gasteiger partial charge in [-0.3, -0.25) is 0 Å². The molecule has 0 bridgehead atoms. The molecule has 2 aromatic rings. The van der Waals surface area contributed by atoms with Gasteiger partial charge in [0.2, 0.25) is 0 Å². The van der Waals surface area contributed by atoms with Gasteiger partial charge in [0.25, 0.3) is 0 Å². The zero-order chi connectivity index (χ0) is 17.8. The second-order valence-corrected chi connectivity index (χ2v) is 7.01. The van der Waals surface area contributed by atoms with Crippen LogP contribution in [0.5, 0.6) is 17.2 Å². The fraction of sp³-hybridized carbons (Fsp3) is 0.368. The van der Waals surface area contributed by atoms with Crippen molar-refractivity contribution in [1.82, 2.24) is 0 Å². The highest BCUT2D eigenvalue weighted by molar-refractivity contribution is 6.32. The Morgan fingerprint density at radius 1 is 1.12 bits per heavy atom. The fourth-order valence-corrected chi connectivity index (χ4v) is 2.82. The van der Waals surface area contributed by atoms with Gasteiger partial charge in [-0.25, -0.2) is 0 Å². The average molecular weight is 383 g/mol. The smallest absolute Gasteiger partial charge is 0.160 e. The molecule has 0 aliphatic carbocycles. The van der Waals surface area contributed by atoms with E-state index in [1.54, 1.807) is 30.3 Å². The molecule has 1 saturated heterocycles. The Morgan fingerprint density at radius 2 is 1.92 bits per heavy atom. The monoisotopic (exact) mass is 382 g/mol. The van der Waals surface area contributed by atoms with Crippen LogP contribution in [0.3, 0.4) is 0 Å². The third-order valence-corrected chi connectivity index (χ3v) is 4.21. The van der Waals surface area contributed by atoms with Crippen molar-refractivity contribution < 1.29 is 18.9 Å². The molecule has 4 nitrogen and oxygen atoms in total. The van der Waals surface area contributed by atoms with E-state index in [1.807, 2.05) is 12.1 Å². The predicted molar refractivity (Wildman–Crippen MR) is 97.9 cm³/mol. The van der Waals surface area contributed by atoms with Crippen LogP contribution in [0, 0.1) is 5.92 Å². The van der Waals surface area contributed by atoms with E-state index in [0.29, 0.717) is 46.4 Å². The van der Waals surface area contributed by atoms with E-state index in [9.17, 15) is 0 Å². The van der Waals surface area contributed by atoms with Crippen molar-refractivity contribution in [2.45, 2.75) is 26.2 Å². The number of rotatable bonds is 6. The maximum atomic E-state index is 6.29. The number of benzene rings is 2. The lowest BCUT2D eigenvalue weighted by molar-refractivity contribution is -0.0914. The quantitative estimate of drug-likeness (QED) is 0.654. The number of halogens is 2. The van der Waals surface area contributed by atoms with Crippen LogP contribution < -0.4 is 9.47 Å². The number of hydrogen-bond donors (Lipinski definition) is 0. The second-order valence-electron chi connectivity index (χ2n) is 6.17. The summed E-state index contributed by atoms with van der Waals surface area (Å²) in [5, 5.41) is 1.08. The third-order valence-electron chi connectivity index (χ3n) is 3.68. The molecule has 134 valence electrons. The Kier molecular flexibility index (Phi) is 6.07. The fourth-order valence-electron chi connectivity index (χ4n) is 2.42. The van der Waals surface area contributed by atoms with Gasteiger partial charge in [0, 0.05) is 17.0 Å². The summed E-state index contributed by atoms with van der Waals surface area (Å²) in [6, 6.07) is 12.5. The van der Waals surface area contributed by atoms with Gasteiger partial charge in [-0.05, 0) is 30.3 Å². The van der Waals surface area contributed by atoms with Crippen LogP contribution in [0.25, 0.3) is 0 Å². The summed E-state index contributed by atoms with van der Waals surface area (Å²) in [6.07, 6.45) is -0.261. The Morgan fingerprint density at radius 3 is 2.60 bits per heavy atom. The Bertz CT molecular complexity index is 720. The SMILES string of the molecule is CC(C)C1OCC(COc2ccc(Oc3cccc(Cl)c3)cc2Cl)O1. The molecule has 0 spiro atoms. The molecule has 0 amide bonds. The van der Waals surface area contributed by atoms with Crippen LogP contribution in [0.1, 0.15) is 13.8 Å². The van der Waals surface area contributed by atoms with Crippen molar-refractivity contribution >= 4 is 23.2 Å². The number of ether oxygens (including phenoxy) is 4. The Labute approximate surface area is 157 Å². The van der Waals surface area contributed by atoms with E-state index in [0.717, 1.165) is 0 Å². The maximum Gasteiger partial charge on any atom is 0.160 e. The van der Waals surface area contributed by atoms with Crippen molar-refractivity contribution in [1.29, 1.82) is 0 Å². The first-order valence-electron chi connectivity index (χ1n) is 8.14. The molecule has 1 heterocycles. The second kappa shape index (κ2) is 8.28. The molecule has 1 fully saturated rings. The summed E-state index contributed by atoms with van der Waals surface area (Å²) < 4.78 is 22.8. The Hall–Kier alpha value is -1.46. The molecule has 2 unspecified atom stereocenters. The van der Waals surface area contributed by atoms with Gasteiger partial charge in [-0.1, -0.05) is 43.1 Å². The van der Waals surface area contributed by atoms with Crippen LogP contribution in [0.4, 0.5) is 0 Å². The van der Waals surface area contributed by atoms with Gasteiger partial charge >= 0.3 is 0 Å². The molecule has 6 heteroatoms. The van der Waals surface area contributed by atoms with Crippen molar-refractivity contribution in [3.05, 3.63) is 52.5 Å². The third kappa shape index (κ3) is 5.02. The molecule has 2 aromatic carbocycles. The van der Waals surface area contributed by atoms with Crippen LogP contribution in [0.2, 0.25) is 10.0 Å². The van der Waals surface area contributed by atoms with Gasteiger partial charge in [-0.15, -0.1) is 0 Å². The maximum absolute atomic E-state index is 6.29. The molecular formula is C19H20Cl2O4. The summed E-state index contributed by atoms with van der Waals surface area (Å²) in [6.45, 7) is 5.03. The van der Waals surface area contributed by atoms with Gasteiger partial charge in [0.05, 0.1) is 11.6 Å². The van der Waals surface area contributed by atoms with E-state index in [-0.39, 0.29) is 12.4 Å². The highest BCUT2D eigenvalue weighted by Crippen LogP contribution is 2.32. The van der Waals surface area contributed by atoms with E-state index < -0.39 is 0 Å². The molecule has 0 radical (unpaired) electrons. The minimum absolute atomic E-state index is 0.0918. The average Bonchev–Trinajstić information content (AvgIpc) is 3.03. The lowest BCUT2D eigenvalue weighted by atomic mass is 10.2.